The normalized spacial score (nSPS) is 21.7. The van der Waals surface area contributed by atoms with Gasteiger partial charge in [-0.25, -0.2) is 4.79 Å². The Hall–Kier alpha value is -4.80. The molecule has 2 aromatic carbocycles. The molecule has 5 aliphatic rings. The number of fused-ring (bicyclic) bond motifs is 2. The van der Waals surface area contributed by atoms with Crippen LogP contribution in [0.1, 0.15) is 149 Å². The van der Waals surface area contributed by atoms with Gasteiger partial charge in [-0.2, -0.15) is 4.58 Å². The first-order valence-electron chi connectivity index (χ1n) is 24.3. The Bertz CT molecular complexity index is 2250. The van der Waals surface area contributed by atoms with Gasteiger partial charge in [-0.15, -0.1) is 5.06 Å². The Balaban J connectivity index is 0.00000700. The first-order chi connectivity index (χ1) is 30.8. The number of hydroxylamine groups is 2. The number of benzene rings is 2. The number of amides is 3. The lowest BCUT2D eigenvalue weighted by Gasteiger charge is -2.35. The van der Waals surface area contributed by atoms with Gasteiger partial charge < -0.3 is 31.9 Å². The van der Waals surface area contributed by atoms with E-state index in [2.05, 4.69) is 136 Å². The van der Waals surface area contributed by atoms with Crippen LogP contribution in [0.25, 0.3) is 0 Å². The average molecular weight is 907 g/mol. The smallest absolute Gasteiger partial charge is 0.333 e. The van der Waals surface area contributed by atoms with Gasteiger partial charge in [-0.05, 0) is 108 Å². The third-order valence-corrected chi connectivity index (χ3v) is 14.2. The Labute approximate surface area is 394 Å². The lowest BCUT2D eigenvalue weighted by molar-refractivity contribution is -0.437. The third-order valence-electron chi connectivity index (χ3n) is 14.2. The molecule has 0 radical (unpaired) electrons. The fourth-order valence-corrected chi connectivity index (χ4v) is 10.8. The number of hydrogen-bond donors (Lipinski definition) is 0. The minimum atomic E-state index is -0.680. The topological polar surface area (TPSA) is 93.5 Å². The zero-order valence-corrected chi connectivity index (χ0v) is 40.9. The van der Waals surface area contributed by atoms with E-state index in [0.717, 1.165) is 81.5 Å². The van der Waals surface area contributed by atoms with Crippen LogP contribution in [0.3, 0.4) is 0 Å². The number of rotatable bonds is 17. The predicted molar refractivity (Wildman–Crippen MR) is 255 cm³/mol. The summed E-state index contributed by atoms with van der Waals surface area (Å²) < 4.78 is 2.48. The molecule has 0 aromatic heterocycles. The lowest BCUT2D eigenvalue weighted by Crippen LogP contribution is -3.00. The molecule has 0 spiro atoms. The number of nitrogens with zero attached hydrogens (tertiary/aromatic N) is 5. The second kappa shape index (κ2) is 21.7. The fourth-order valence-electron chi connectivity index (χ4n) is 10.8. The molecule has 2 aromatic rings. The van der Waals surface area contributed by atoms with Crippen molar-refractivity contribution < 1.29 is 41.0 Å². The molecule has 4 aliphatic heterocycles. The van der Waals surface area contributed by atoms with Gasteiger partial charge in [0.25, 0.3) is 11.8 Å². The zero-order valence-electron chi connectivity index (χ0n) is 40.1. The summed E-state index contributed by atoms with van der Waals surface area (Å²) in [5.74, 6) is -1.73. The quantitative estimate of drug-likeness (QED) is 0.121. The molecule has 0 saturated carbocycles. The maximum Gasteiger partial charge on any atom is 0.333 e. The number of para-hydroxylation sites is 2. The largest absolute Gasteiger partial charge is 1.00 e. The van der Waals surface area contributed by atoms with Crippen molar-refractivity contribution >= 4 is 40.8 Å². The van der Waals surface area contributed by atoms with Crippen LogP contribution in [-0.2, 0) is 34.8 Å². The summed E-state index contributed by atoms with van der Waals surface area (Å²) >= 11 is 0. The first kappa shape index (κ1) is 49.6. The van der Waals surface area contributed by atoms with E-state index in [0.29, 0.717) is 17.6 Å². The van der Waals surface area contributed by atoms with E-state index >= 15 is 0 Å². The van der Waals surface area contributed by atoms with Crippen LogP contribution in [0.4, 0.5) is 11.4 Å². The van der Waals surface area contributed by atoms with Gasteiger partial charge in [0.2, 0.25) is 11.6 Å². The number of carbonyl (C=O) groups excluding carboxylic acids is 4. The van der Waals surface area contributed by atoms with E-state index in [1.165, 1.54) is 53.2 Å². The summed E-state index contributed by atoms with van der Waals surface area (Å²) in [6.07, 6.45) is 18.7. The van der Waals surface area contributed by atoms with Gasteiger partial charge in [0, 0.05) is 98.0 Å². The number of halogens is 1. The molecule has 0 N–H and O–H groups in total. The van der Waals surface area contributed by atoms with Gasteiger partial charge in [0.1, 0.15) is 6.54 Å². The second-order valence-electron chi connectivity index (χ2n) is 19.5. The molecule has 11 heteroatoms. The monoisotopic (exact) mass is 906 g/mol. The highest BCUT2D eigenvalue weighted by atomic mass is 35.5. The molecular weight excluding hydrogens is 834 g/mol. The molecule has 0 bridgehead atoms. The van der Waals surface area contributed by atoms with Crippen LogP contribution in [0.5, 0.6) is 0 Å². The molecule has 1 atom stereocenters. The van der Waals surface area contributed by atoms with Crippen molar-refractivity contribution in [1.82, 2.24) is 14.9 Å². The number of allylic oxidation sites excluding steroid dienone is 7. The average Bonchev–Trinajstić information content (AvgIpc) is 3.79. The van der Waals surface area contributed by atoms with E-state index in [4.69, 9.17) is 4.84 Å². The summed E-state index contributed by atoms with van der Waals surface area (Å²) in [4.78, 5) is 64.4. The van der Waals surface area contributed by atoms with Crippen molar-refractivity contribution in [3.8, 4) is 0 Å². The summed E-state index contributed by atoms with van der Waals surface area (Å²) in [6.45, 7) is 20.4. The number of anilines is 1. The molecule has 4 heterocycles. The highest BCUT2D eigenvalue weighted by Gasteiger charge is 2.44. The van der Waals surface area contributed by atoms with Gasteiger partial charge in [0.15, 0.2) is 5.71 Å². The van der Waals surface area contributed by atoms with Crippen LogP contribution in [0.2, 0.25) is 0 Å². The molecule has 65 heavy (non-hydrogen) atoms. The van der Waals surface area contributed by atoms with Gasteiger partial charge in [0.05, 0.1) is 5.41 Å². The van der Waals surface area contributed by atoms with E-state index in [9.17, 15) is 19.2 Å². The van der Waals surface area contributed by atoms with Crippen LogP contribution < -0.4 is 17.3 Å². The summed E-state index contributed by atoms with van der Waals surface area (Å²) in [5.41, 5.74) is 10.6. The molecule has 2 saturated heterocycles. The Morgan fingerprint density at radius 3 is 2.26 bits per heavy atom. The van der Waals surface area contributed by atoms with Crippen molar-refractivity contribution in [2.75, 3.05) is 37.6 Å². The fraction of sp³-hybridized carbons (Fsp3) is 0.537. The highest BCUT2D eigenvalue weighted by molar-refractivity contribution is 6.03. The van der Waals surface area contributed by atoms with Gasteiger partial charge in [-0.1, -0.05) is 82.7 Å². The van der Waals surface area contributed by atoms with Crippen LogP contribution in [0, 0.1) is 0 Å². The van der Waals surface area contributed by atoms with Gasteiger partial charge >= 0.3 is 5.97 Å². The highest BCUT2D eigenvalue weighted by Crippen LogP contribution is 2.48. The van der Waals surface area contributed by atoms with Crippen LogP contribution >= 0.6 is 0 Å². The lowest BCUT2D eigenvalue weighted by atomic mass is 9.81. The zero-order chi connectivity index (χ0) is 45.6. The summed E-state index contributed by atoms with van der Waals surface area (Å²) in [6, 6.07) is 18.0. The van der Waals surface area contributed by atoms with E-state index < -0.39 is 17.8 Å². The second-order valence-corrected chi connectivity index (χ2v) is 19.5. The predicted octanol–water partition coefficient (Wildman–Crippen LogP) is 7.36. The van der Waals surface area contributed by atoms with Crippen molar-refractivity contribution in [3.63, 3.8) is 0 Å². The first-order valence-corrected chi connectivity index (χ1v) is 24.3. The van der Waals surface area contributed by atoms with E-state index in [1.807, 2.05) is 4.90 Å². The Morgan fingerprint density at radius 2 is 1.54 bits per heavy atom. The van der Waals surface area contributed by atoms with Crippen LogP contribution in [0.15, 0.2) is 95.4 Å². The Morgan fingerprint density at radius 1 is 0.815 bits per heavy atom. The standard InChI is InChI=1S/C54H72N5O5.ClH/c1-8-34-56-44-24-12-10-22-42(44)53(4,5)46(56)30-28-40-20-16-21-41(29-31-47-54(6,7)43-23-11-13-25-45(43)57(47)35-9-2)52(40)58(38-18-37-55-36-15-14-19-39(55)3)48(60)26-17-27-51(63)64-59-49(61)32-33-50(59)62;/h10-13,22-25,28-31,39H,8-9,14-21,26-27,32-38H2,1-7H3;1H/q+1;/p-1. The minimum Gasteiger partial charge on any atom is -1.00 e. The molecule has 10 nitrogen and oxygen atoms in total. The molecular formula is C54H72ClN5O5. The summed E-state index contributed by atoms with van der Waals surface area (Å²) in [7, 11) is 0. The molecule has 350 valence electrons. The van der Waals surface area contributed by atoms with E-state index in [1.54, 1.807) is 0 Å². The third kappa shape index (κ3) is 10.6. The molecule has 1 unspecified atom stereocenters. The van der Waals surface area contributed by atoms with Crippen LogP contribution in [-0.4, -0.2) is 87.6 Å². The maximum absolute atomic E-state index is 14.9. The van der Waals surface area contributed by atoms with Crippen molar-refractivity contribution in [2.24, 2.45) is 0 Å². The molecule has 7 rings (SSSR count). The SMILES string of the molecule is CCCN1/C(=C/C=C2\CCCC(/C=C/C3=[N+](CCC)c4ccccc4C3(C)C)=C2N(CCCN2CCCCC2C)C(=O)CCCC(=O)ON2C(=O)CCC2=O)C(C)(C)c2ccccc21.[Cl-]. The van der Waals surface area contributed by atoms with E-state index in [-0.39, 0.29) is 61.2 Å². The number of hydrogen-bond acceptors (Lipinski definition) is 7. The number of likely N-dealkylation sites (tertiary alicyclic amines) is 1. The summed E-state index contributed by atoms with van der Waals surface area (Å²) in [5, 5.41) is 0.588. The minimum absolute atomic E-state index is 0. The molecule has 1 aliphatic carbocycles. The van der Waals surface area contributed by atoms with Gasteiger partial charge in [-0.3, -0.25) is 14.4 Å². The maximum atomic E-state index is 14.9. The molecule has 3 amide bonds. The number of carbonyl (C=O) groups is 4. The van der Waals surface area contributed by atoms with Crippen molar-refractivity contribution in [2.45, 2.75) is 155 Å². The molecule has 2 fully saturated rings. The Kier molecular flexibility index (Phi) is 16.5. The number of piperidine rings is 1. The van der Waals surface area contributed by atoms with Crippen molar-refractivity contribution in [3.05, 3.63) is 107 Å². The number of imide groups is 1. The van der Waals surface area contributed by atoms with Crippen molar-refractivity contribution in [1.29, 1.82) is 0 Å².